The summed E-state index contributed by atoms with van der Waals surface area (Å²) in [7, 11) is 1.81. The summed E-state index contributed by atoms with van der Waals surface area (Å²) < 4.78 is 5.41. The predicted molar refractivity (Wildman–Crippen MR) is 52.9 cm³/mol. The number of methoxy groups -OCH3 is 1. The van der Waals surface area contributed by atoms with Crippen molar-refractivity contribution in [3.63, 3.8) is 0 Å². The zero-order chi connectivity index (χ0) is 9.31. The lowest BCUT2D eigenvalue weighted by Crippen LogP contribution is -2.62. The van der Waals surface area contributed by atoms with Gasteiger partial charge in [0.05, 0.1) is 5.60 Å². The van der Waals surface area contributed by atoms with Crippen molar-refractivity contribution in [2.45, 2.75) is 31.4 Å². The van der Waals surface area contributed by atoms with E-state index in [4.69, 9.17) is 4.74 Å². The van der Waals surface area contributed by atoms with E-state index in [1.165, 1.54) is 25.9 Å². The Morgan fingerprint density at radius 3 is 2.85 bits per heavy atom. The van der Waals surface area contributed by atoms with Crippen LogP contribution in [0.2, 0.25) is 0 Å². The molecule has 0 radical (unpaired) electrons. The van der Waals surface area contributed by atoms with Gasteiger partial charge in [0.1, 0.15) is 0 Å². The van der Waals surface area contributed by atoms with E-state index in [1.807, 2.05) is 7.11 Å². The van der Waals surface area contributed by atoms with Gasteiger partial charge in [-0.15, -0.1) is 0 Å². The molecule has 0 aromatic rings. The topological polar surface area (TPSA) is 24.5 Å². The van der Waals surface area contributed by atoms with Crippen molar-refractivity contribution < 1.29 is 4.74 Å². The van der Waals surface area contributed by atoms with Gasteiger partial charge in [-0.3, -0.25) is 4.90 Å². The monoisotopic (exact) mass is 184 g/mol. The molecule has 76 valence electrons. The molecule has 0 unspecified atom stereocenters. The molecule has 2 aliphatic rings. The number of nitrogens with one attached hydrogen (secondary N) is 1. The van der Waals surface area contributed by atoms with Crippen molar-refractivity contribution in [1.82, 2.24) is 10.2 Å². The average Bonchev–Trinajstić information content (AvgIpc) is 2.54. The molecule has 2 fully saturated rings. The molecule has 0 aliphatic carbocycles. The molecule has 3 heteroatoms. The molecule has 1 atom stereocenters. The minimum Gasteiger partial charge on any atom is -0.376 e. The van der Waals surface area contributed by atoms with Gasteiger partial charge in [0.25, 0.3) is 0 Å². The number of rotatable bonds is 3. The summed E-state index contributed by atoms with van der Waals surface area (Å²) in [6.07, 6.45) is 2.69. The summed E-state index contributed by atoms with van der Waals surface area (Å²) in [6.45, 7) is 6.80. The van der Waals surface area contributed by atoms with Crippen LogP contribution in [0.25, 0.3) is 0 Å². The fourth-order valence-corrected chi connectivity index (χ4v) is 2.38. The first kappa shape index (κ1) is 9.44. The van der Waals surface area contributed by atoms with Gasteiger partial charge in [0.15, 0.2) is 0 Å². The standard InChI is InChI=1S/C10H20N2O/c1-10(13-2)7-12(8-10)6-9-4-3-5-11-9/h9,11H,3-8H2,1-2H3/t9-/m0/s1. The summed E-state index contributed by atoms with van der Waals surface area (Å²) in [5.41, 5.74) is 0.138. The Hall–Kier alpha value is -0.120. The van der Waals surface area contributed by atoms with E-state index in [1.54, 1.807) is 0 Å². The second-order valence-corrected chi connectivity index (χ2v) is 4.62. The fourth-order valence-electron chi connectivity index (χ4n) is 2.38. The molecular weight excluding hydrogens is 164 g/mol. The third-order valence-corrected chi connectivity index (χ3v) is 3.25. The van der Waals surface area contributed by atoms with Gasteiger partial charge in [-0.05, 0) is 26.3 Å². The largest absolute Gasteiger partial charge is 0.376 e. The Labute approximate surface area is 80.4 Å². The second kappa shape index (κ2) is 3.56. The molecule has 2 saturated heterocycles. The van der Waals surface area contributed by atoms with Crippen LogP contribution in [0, 0.1) is 0 Å². The Morgan fingerprint density at radius 1 is 1.54 bits per heavy atom. The van der Waals surface area contributed by atoms with Gasteiger partial charge in [0, 0.05) is 32.8 Å². The van der Waals surface area contributed by atoms with Crippen LogP contribution in [-0.2, 0) is 4.74 Å². The van der Waals surface area contributed by atoms with Gasteiger partial charge < -0.3 is 10.1 Å². The normalized spacial score (nSPS) is 33.2. The Morgan fingerprint density at radius 2 is 2.31 bits per heavy atom. The van der Waals surface area contributed by atoms with Gasteiger partial charge in [-0.2, -0.15) is 0 Å². The molecule has 2 heterocycles. The van der Waals surface area contributed by atoms with Crippen LogP contribution in [0.4, 0.5) is 0 Å². The quantitative estimate of drug-likeness (QED) is 0.689. The van der Waals surface area contributed by atoms with Crippen molar-refractivity contribution in [1.29, 1.82) is 0 Å². The maximum absolute atomic E-state index is 5.41. The summed E-state index contributed by atoms with van der Waals surface area (Å²) in [5.74, 6) is 0. The first-order valence-corrected chi connectivity index (χ1v) is 5.23. The smallest absolute Gasteiger partial charge is 0.0903 e. The average molecular weight is 184 g/mol. The maximum Gasteiger partial charge on any atom is 0.0903 e. The molecule has 0 aromatic carbocycles. The zero-order valence-corrected chi connectivity index (χ0v) is 8.68. The molecule has 0 bridgehead atoms. The molecule has 0 spiro atoms. The highest BCUT2D eigenvalue weighted by Crippen LogP contribution is 2.24. The van der Waals surface area contributed by atoms with E-state index < -0.39 is 0 Å². The van der Waals surface area contributed by atoms with Crippen LogP contribution >= 0.6 is 0 Å². The van der Waals surface area contributed by atoms with Crippen molar-refractivity contribution in [2.75, 3.05) is 33.3 Å². The van der Waals surface area contributed by atoms with Gasteiger partial charge in [0.2, 0.25) is 0 Å². The molecule has 0 saturated carbocycles. The Kier molecular flexibility index (Phi) is 2.58. The number of likely N-dealkylation sites (tertiary alicyclic amines) is 1. The van der Waals surface area contributed by atoms with Crippen molar-refractivity contribution in [3.05, 3.63) is 0 Å². The number of ether oxygens (including phenoxy) is 1. The Bertz CT molecular complexity index is 172. The third kappa shape index (κ3) is 2.03. The lowest BCUT2D eigenvalue weighted by molar-refractivity contribution is -0.112. The molecule has 2 aliphatic heterocycles. The summed E-state index contributed by atoms with van der Waals surface area (Å²) in [6, 6.07) is 0.737. The van der Waals surface area contributed by atoms with Gasteiger partial charge in [-0.25, -0.2) is 0 Å². The number of nitrogens with zero attached hydrogens (tertiary/aromatic N) is 1. The van der Waals surface area contributed by atoms with Crippen molar-refractivity contribution >= 4 is 0 Å². The summed E-state index contributed by atoms with van der Waals surface area (Å²) in [4.78, 5) is 2.48. The molecule has 3 nitrogen and oxygen atoms in total. The minimum absolute atomic E-state index is 0.138. The van der Waals surface area contributed by atoms with E-state index in [9.17, 15) is 0 Å². The first-order chi connectivity index (χ1) is 6.22. The fraction of sp³-hybridized carbons (Fsp3) is 1.00. The molecule has 0 amide bonds. The van der Waals surface area contributed by atoms with Crippen molar-refractivity contribution in [3.8, 4) is 0 Å². The molecule has 13 heavy (non-hydrogen) atoms. The highest BCUT2D eigenvalue weighted by atomic mass is 16.5. The predicted octanol–water partition coefficient (Wildman–Crippen LogP) is 0.459. The van der Waals surface area contributed by atoms with Crippen LogP contribution in [0.15, 0.2) is 0 Å². The van der Waals surface area contributed by atoms with E-state index >= 15 is 0 Å². The Balaban J connectivity index is 1.68. The minimum atomic E-state index is 0.138. The number of hydrogen-bond acceptors (Lipinski definition) is 3. The highest BCUT2D eigenvalue weighted by Gasteiger charge is 2.39. The van der Waals surface area contributed by atoms with Gasteiger partial charge >= 0.3 is 0 Å². The van der Waals surface area contributed by atoms with E-state index in [2.05, 4.69) is 17.1 Å². The summed E-state index contributed by atoms with van der Waals surface area (Å²) in [5, 5.41) is 3.52. The first-order valence-electron chi connectivity index (χ1n) is 5.23. The molecule has 0 aromatic heterocycles. The van der Waals surface area contributed by atoms with Crippen LogP contribution in [0.3, 0.4) is 0 Å². The van der Waals surface area contributed by atoms with Crippen LogP contribution in [0.5, 0.6) is 0 Å². The van der Waals surface area contributed by atoms with Crippen LogP contribution in [0.1, 0.15) is 19.8 Å². The van der Waals surface area contributed by atoms with Crippen LogP contribution in [-0.4, -0.2) is 49.8 Å². The van der Waals surface area contributed by atoms with E-state index in [0.29, 0.717) is 0 Å². The lowest BCUT2D eigenvalue weighted by Gasteiger charge is -2.47. The molecule has 2 rings (SSSR count). The van der Waals surface area contributed by atoms with E-state index in [-0.39, 0.29) is 5.60 Å². The second-order valence-electron chi connectivity index (χ2n) is 4.62. The maximum atomic E-state index is 5.41. The zero-order valence-electron chi connectivity index (χ0n) is 8.68. The third-order valence-electron chi connectivity index (χ3n) is 3.25. The van der Waals surface area contributed by atoms with Crippen molar-refractivity contribution in [2.24, 2.45) is 0 Å². The summed E-state index contributed by atoms with van der Waals surface area (Å²) >= 11 is 0. The molecule has 1 N–H and O–H groups in total. The lowest BCUT2D eigenvalue weighted by atomic mass is 9.95. The highest BCUT2D eigenvalue weighted by molar-refractivity contribution is 4.95. The van der Waals surface area contributed by atoms with E-state index in [0.717, 1.165) is 19.1 Å². The number of hydrogen-bond donors (Lipinski definition) is 1. The van der Waals surface area contributed by atoms with Crippen LogP contribution < -0.4 is 5.32 Å². The van der Waals surface area contributed by atoms with Gasteiger partial charge in [-0.1, -0.05) is 0 Å². The SMILES string of the molecule is COC1(C)CN(C[C@@H]2CCCN2)C1. The molecular formula is C10H20N2O.